The number of amides is 3. The molecule has 6 N–H and O–H groups in total. The maximum absolute atomic E-state index is 14.1. The van der Waals surface area contributed by atoms with Gasteiger partial charge in [-0.1, -0.05) is 0 Å². The Morgan fingerprint density at radius 1 is 1.02 bits per heavy atom. The van der Waals surface area contributed by atoms with Crippen molar-refractivity contribution in [2.45, 2.75) is 24.5 Å². The number of hydrogen-bond acceptors (Lipinski definition) is 11. The van der Waals surface area contributed by atoms with Crippen LogP contribution in [0.15, 0.2) is 30.3 Å². The minimum atomic E-state index is -2.83. The van der Waals surface area contributed by atoms with Gasteiger partial charge in [-0.05, 0) is 68.8 Å². The Hall–Kier alpha value is -4.82. The monoisotopic (exact) mass is 621 g/mol. The topological polar surface area (TPSA) is 209 Å². The van der Waals surface area contributed by atoms with Gasteiger partial charge in [0.25, 0.3) is 0 Å². The molecule has 3 amide bonds. The van der Waals surface area contributed by atoms with Gasteiger partial charge in [-0.25, -0.2) is 4.79 Å². The number of primary amides is 1. The second-order valence-electron chi connectivity index (χ2n) is 12.1. The molecule has 0 spiro atoms. The summed E-state index contributed by atoms with van der Waals surface area (Å²) < 4.78 is 5.11. The van der Waals surface area contributed by atoms with E-state index >= 15 is 0 Å². The summed E-state index contributed by atoms with van der Waals surface area (Å²) in [5.74, 6) is -11.0. The lowest BCUT2D eigenvalue weighted by Gasteiger charge is -2.52. The maximum atomic E-state index is 14.1. The highest BCUT2D eigenvalue weighted by molar-refractivity contribution is 6.32. The molecular weight excluding hydrogens is 586 g/mol. The number of nitrogens with one attached hydrogen (secondary N) is 2. The fraction of sp³-hybridized carbons (Fsp3) is 0.419. The van der Waals surface area contributed by atoms with Crippen molar-refractivity contribution in [1.29, 1.82) is 0 Å². The largest absolute Gasteiger partial charge is 0.505 e. The number of likely N-dealkylation sites (N-methyl/N-ethyl adjacent to an activating group) is 1. The predicted octanol–water partition coefficient (Wildman–Crippen LogP) is 0.586. The number of carbonyl (C=O) groups excluding carboxylic acids is 6. The zero-order chi connectivity index (χ0) is 33.1. The standard InChI is InChI=1S/C31H35N5O9/c1-35(2)19-12-18(34-30(43)33-14-6-8-15(45-5)9-7-14)24(37)21-16(19)10-13-11-17-23(36(3)4)26(39)22(29(32)42)28(41)31(17,44)27(40)20(13)25(21)38/h6-9,12-13,17,20,22-23,37,44H,10-11H2,1-5H3,(H2,32,42)(H2,33,34,43)/t13-,17-,20?,22?,23?,31-/m0/s1. The number of rotatable bonds is 6. The van der Waals surface area contributed by atoms with Crippen LogP contribution in [0.5, 0.6) is 11.5 Å². The van der Waals surface area contributed by atoms with Crippen LogP contribution in [0.1, 0.15) is 22.3 Å². The van der Waals surface area contributed by atoms with E-state index in [0.29, 0.717) is 22.7 Å². The number of carbonyl (C=O) groups is 6. The van der Waals surface area contributed by atoms with E-state index in [9.17, 15) is 39.0 Å². The Morgan fingerprint density at radius 2 is 1.67 bits per heavy atom. The molecule has 0 bridgehead atoms. The lowest BCUT2D eigenvalue weighted by atomic mass is 9.52. The summed E-state index contributed by atoms with van der Waals surface area (Å²) in [6.07, 6.45) is 0.0209. The summed E-state index contributed by atoms with van der Waals surface area (Å²) in [6.45, 7) is 0. The van der Waals surface area contributed by atoms with E-state index in [1.165, 1.54) is 32.2 Å². The van der Waals surface area contributed by atoms with Crippen LogP contribution < -0.4 is 26.0 Å². The molecule has 0 aromatic heterocycles. The minimum absolute atomic E-state index is 0.0677. The molecule has 2 aromatic rings. The summed E-state index contributed by atoms with van der Waals surface area (Å²) >= 11 is 0. The summed E-state index contributed by atoms with van der Waals surface area (Å²) in [6, 6.07) is 6.09. The molecule has 0 radical (unpaired) electrons. The highest BCUT2D eigenvalue weighted by atomic mass is 16.5. The molecule has 0 saturated heterocycles. The van der Waals surface area contributed by atoms with E-state index in [-0.39, 0.29) is 24.1 Å². The van der Waals surface area contributed by atoms with E-state index in [0.717, 1.165) is 0 Å². The molecule has 2 fully saturated rings. The SMILES string of the molecule is COc1ccc(NC(=O)Nc2cc(N(C)C)c3c(c2O)C(=O)C2C(=O)[C@]4(O)C(=O)C(C(N)=O)C(=O)C(N(C)C)[C@@H]4C[C@@H]2C3)cc1. The van der Waals surface area contributed by atoms with Gasteiger partial charge in [-0.3, -0.25) is 28.9 Å². The number of nitrogens with two attached hydrogens (primary N) is 1. The average molecular weight is 622 g/mol. The minimum Gasteiger partial charge on any atom is -0.505 e. The summed E-state index contributed by atoms with van der Waals surface area (Å²) in [5, 5.41) is 28.3. The molecule has 2 aromatic carbocycles. The van der Waals surface area contributed by atoms with Crippen LogP contribution in [0.25, 0.3) is 0 Å². The van der Waals surface area contributed by atoms with Crippen molar-refractivity contribution in [2.24, 2.45) is 29.4 Å². The smallest absolute Gasteiger partial charge is 0.323 e. The van der Waals surface area contributed by atoms with Crippen molar-refractivity contribution < 1.29 is 43.7 Å². The van der Waals surface area contributed by atoms with Crippen molar-refractivity contribution >= 4 is 52.1 Å². The second kappa shape index (κ2) is 11.3. The Bertz CT molecular complexity index is 1640. The van der Waals surface area contributed by atoms with Gasteiger partial charge >= 0.3 is 6.03 Å². The maximum Gasteiger partial charge on any atom is 0.323 e. The zero-order valence-corrected chi connectivity index (χ0v) is 25.4. The Labute approximate surface area is 258 Å². The molecule has 3 unspecified atom stereocenters. The van der Waals surface area contributed by atoms with Gasteiger partial charge < -0.3 is 36.2 Å². The molecular formula is C31H35N5O9. The predicted molar refractivity (Wildman–Crippen MR) is 161 cm³/mol. The number of aliphatic hydroxyl groups is 1. The fourth-order valence-electron chi connectivity index (χ4n) is 7.11. The van der Waals surface area contributed by atoms with Crippen LogP contribution in [0, 0.1) is 23.7 Å². The molecule has 45 heavy (non-hydrogen) atoms. The molecule has 238 valence electrons. The number of phenols is 1. The van der Waals surface area contributed by atoms with Crippen LogP contribution in [0.2, 0.25) is 0 Å². The summed E-state index contributed by atoms with van der Waals surface area (Å²) in [5.41, 5.74) is 3.52. The first kappa shape index (κ1) is 31.6. The molecule has 5 rings (SSSR count). The van der Waals surface area contributed by atoms with Gasteiger partial charge in [-0.2, -0.15) is 0 Å². The van der Waals surface area contributed by atoms with E-state index < -0.39 is 76.1 Å². The third kappa shape index (κ3) is 4.90. The lowest BCUT2D eigenvalue weighted by Crippen LogP contribution is -2.74. The van der Waals surface area contributed by atoms with Gasteiger partial charge in [0, 0.05) is 31.4 Å². The molecule has 14 heteroatoms. The number of nitrogens with zero attached hydrogens (tertiary/aromatic N) is 2. The van der Waals surface area contributed by atoms with Crippen molar-refractivity contribution in [3.05, 3.63) is 41.5 Å². The Kier molecular flexibility index (Phi) is 7.92. The van der Waals surface area contributed by atoms with E-state index in [2.05, 4.69) is 10.6 Å². The highest BCUT2D eigenvalue weighted by Gasteiger charge is 2.69. The van der Waals surface area contributed by atoms with Crippen LogP contribution in [0.3, 0.4) is 0 Å². The third-order valence-electron chi connectivity index (χ3n) is 9.12. The number of ketones is 4. The number of fused-ring (bicyclic) bond motifs is 3. The second-order valence-corrected chi connectivity index (χ2v) is 12.1. The average Bonchev–Trinajstić information content (AvgIpc) is 2.96. The van der Waals surface area contributed by atoms with Crippen molar-refractivity contribution in [1.82, 2.24) is 4.90 Å². The molecule has 14 nitrogen and oxygen atoms in total. The highest BCUT2D eigenvalue weighted by Crippen LogP contribution is 2.52. The number of Topliss-reactive ketones (excluding diaryl/α,β-unsaturated/α-hetero) is 4. The number of methoxy groups -OCH3 is 1. The molecule has 2 saturated carbocycles. The first-order chi connectivity index (χ1) is 21.1. The molecule has 3 aliphatic carbocycles. The van der Waals surface area contributed by atoms with E-state index in [4.69, 9.17) is 10.5 Å². The molecule has 0 aliphatic heterocycles. The van der Waals surface area contributed by atoms with Crippen molar-refractivity contribution in [3.8, 4) is 11.5 Å². The number of urea groups is 1. The summed E-state index contributed by atoms with van der Waals surface area (Å²) in [7, 11) is 7.97. The molecule has 3 aliphatic rings. The van der Waals surface area contributed by atoms with Gasteiger partial charge in [0.15, 0.2) is 34.7 Å². The number of benzene rings is 2. The normalized spacial score (nSPS) is 27.3. The fourth-order valence-corrected chi connectivity index (χ4v) is 7.11. The first-order valence-corrected chi connectivity index (χ1v) is 14.3. The van der Waals surface area contributed by atoms with E-state index in [1.807, 2.05) is 0 Å². The van der Waals surface area contributed by atoms with Crippen LogP contribution in [-0.4, -0.2) is 97.1 Å². The van der Waals surface area contributed by atoms with Gasteiger partial charge in [0.05, 0.1) is 30.3 Å². The number of ether oxygens (including phenoxy) is 1. The zero-order valence-electron chi connectivity index (χ0n) is 25.4. The quantitative estimate of drug-likeness (QED) is 0.223. The van der Waals surface area contributed by atoms with Crippen LogP contribution in [-0.2, 0) is 25.6 Å². The van der Waals surface area contributed by atoms with Crippen molar-refractivity contribution in [2.75, 3.05) is 50.8 Å². The lowest BCUT2D eigenvalue weighted by molar-refractivity contribution is -0.181. The van der Waals surface area contributed by atoms with Gasteiger partial charge in [0.2, 0.25) is 5.91 Å². The molecule has 6 atom stereocenters. The van der Waals surface area contributed by atoms with Gasteiger partial charge in [0.1, 0.15) is 11.5 Å². The van der Waals surface area contributed by atoms with Crippen LogP contribution >= 0.6 is 0 Å². The van der Waals surface area contributed by atoms with E-state index in [1.54, 1.807) is 43.3 Å². The Balaban J connectivity index is 1.55. The summed E-state index contributed by atoms with van der Waals surface area (Å²) in [4.78, 5) is 83.1. The number of phenolic OH excluding ortho intramolecular Hbond substituents is 1. The van der Waals surface area contributed by atoms with Crippen LogP contribution in [0.4, 0.5) is 21.9 Å². The first-order valence-electron chi connectivity index (χ1n) is 14.3. The number of anilines is 3. The Morgan fingerprint density at radius 3 is 2.22 bits per heavy atom. The number of aromatic hydroxyl groups is 1. The molecule has 0 heterocycles. The van der Waals surface area contributed by atoms with Crippen molar-refractivity contribution in [3.63, 3.8) is 0 Å². The number of hydrogen-bond donors (Lipinski definition) is 5. The third-order valence-corrected chi connectivity index (χ3v) is 9.12. The van der Waals surface area contributed by atoms with Gasteiger partial charge in [-0.15, -0.1) is 0 Å².